The molecule has 2 aromatic rings. The summed E-state index contributed by atoms with van der Waals surface area (Å²) in [6.07, 6.45) is 2.05. The van der Waals surface area contributed by atoms with Crippen LogP contribution in [0, 0.1) is 12.7 Å². The Morgan fingerprint density at radius 3 is 2.50 bits per heavy atom. The molecule has 0 aromatic heterocycles. The number of carbonyl (C=O) groups excluding carboxylic acids is 1. The highest BCUT2D eigenvalue weighted by Crippen LogP contribution is 2.18. The van der Waals surface area contributed by atoms with Gasteiger partial charge in [-0.25, -0.2) is 4.39 Å². The Hall–Kier alpha value is -3.09. The number of hydrogen-bond donors (Lipinski definition) is 2. The number of carbonyl (C=O) groups is 1. The predicted octanol–water partition coefficient (Wildman–Crippen LogP) is 2.98. The normalized spacial score (nSPS) is 15.0. The second-order valence-corrected chi connectivity index (χ2v) is 7.31. The van der Waals surface area contributed by atoms with E-state index in [9.17, 15) is 9.18 Å². The van der Waals surface area contributed by atoms with E-state index >= 15 is 0 Å². The molecular weight excluding hydrogens is 383 g/mol. The molecule has 0 aliphatic carbocycles. The number of benzene rings is 2. The monoisotopic (exact) mass is 412 g/mol. The molecule has 0 saturated carbocycles. The van der Waals surface area contributed by atoms with Crippen LogP contribution in [0.3, 0.4) is 0 Å². The van der Waals surface area contributed by atoms with Gasteiger partial charge in [0, 0.05) is 51.6 Å². The average Bonchev–Trinajstić information content (AvgIpc) is 2.77. The number of halogens is 1. The standard InChI is InChI=1S/C23H29FN4O2/c1-17-8-9-18(16-21(17)24)22(29)26-12-13-27-23(25-2)28-14-10-20(11-15-28)30-19-6-4-3-5-7-19/h3-9,16,20H,10-15H2,1-2H3,(H,25,27)(H,26,29). The van der Waals surface area contributed by atoms with E-state index in [4.69, 9.17) is 4.74 Å². The number of nitrogens with zero attached hydrogens (tertiary/aromatic N) is 2. The maximum absolute atomic E-state index is 13.6. The Bertz CT molecular complexity index is 865. The summed E-state index contributed by atoms with van der Waals surface area (Å²) in [5.41, 5.74) is 0.845. The number of ether oxygens (including phenoxy) is 1. The minimum atomic E-state index is -0.374. The van der Waals surface area contributed by atoms with Gasteiger partial charge in [0.05, 0.1) is 0 Å². The highest BCUT2D eigenvalue weighted by molar-refractivity contribution is 5.94. The van der Waals surface area contributed by atoms with Gasteiger partial charge in [-0.3, -0.25) is 9.79 Å². The van der Waals surface area contributed by atoms with Crippen molar-refractivity contribution in [1.82, 2.24) is 15.5 Å². The summed E-state index contributed by atoms with van der Waals surface area (Å²) in [4.78, 5) is 18.7. The first-order valence-electron chi connectivity index (χ1n) is 10.3. The minimum Gasteiger partial charge on any atom is -0.490 e. The highest BCUT2D eigenvalue weighted by atomic mass is 19.1. The molecule has 3 rings (SSSR count). The van der Waals surface area contributed by atoms with Gasteiger partial charge in [-0.1, -0.05) is 24.3 Å². The number of hydrogen-bond acceptors (Lipinski definition) is 3. The van der Waals surface area contributed by atoms with Gasteiger partial charge in [0.15, 0.2) is 5.96 Å². The fraction of sp³-hybridized carbons (Fsp3) is 0.391. The number of likely N-dealkylation sites (tertiary alicyclic amines) is 1. The Kier molecular flexibility index (Phi) is 7.65. The molecule has 6 nitrogen and oxygen atoms in total. The molecule has 0 unspecified atom stereocenters. The maximum atomic E-state index is 13.6. The van der Waals surface area contributed by atoms with Gasteiger partial charge in [-0.15, -0.1) is 0 Å². The Labute approximate surface area is 177 Å². The zero-order valence-corrected chi connectivity index (χ0v) is 17.5. The second kappa shape index (κ2) is 10.6. The number of aliphatic imine (C=N–C) groups is 1. The quantitative estimate of drug-likeness (QED) is 0.435. The molecule has 0 radical (unpaired) electrons. The lowest BCUT2D eigenvalue weighted by molar-refractivity contribution is 0.0953. The smallest absolute Gasteiger partial charge is 0.251 e. The number of para-hydroxylation sites is 1. The Morgan fingerprint density at radius 1 is 1.13 bits per heavy atom. The van der Waals surface area contributed by atoms with Crippen LogP contribution in [0.15, 0.2) is 53.5 Å². The van der Waals surface area contributed by atoms with Crippen molar-refractivity contribution in [2.75, 3.05) is 33.2 Å². The number of rotatable bonds is 6. The molecule has 2 N–H and O–H groups in total. The first-order chi connectivity index (χ1) is 14.6. The molecule has 1 aliphatic heterocycles. The minimum absolute atomic E-state index is 0.205. The second-order valence-electron chi connectivity index (χ2n) is 7.31. The summed E-state index contributed by atoms with van der Waals surface area (Å²) in [6, 6.07) is 14.4. The van der Waals surface area contributed by atoms with Crippen molar-refractivity contribution in [2.24, 2.45) is 4.99 Å². The van der Waals surface area contributed by atoms with E-state index < -0.39 is 0 Å². The lowest BCUT2D eigenvalue weighted by Crippen LogP contribution is -2.48. The molecule has 160 valence electrons. The largest absolute Gasteiger partial charge is 0.490 e. The molecule has 30 heavy (non-hydrogen) atoms. The van der Waals surface area contributed by atoms with Crippen LogP contribution in [-0.2, 0) is 0 Å². The molecule has 0 bridgehead atoms. The number of piperidine rings is 1. The first-order valence-corrected chi connectivity index (χ1v) is 10.3. The molecule has 2 aromatic carbocycles. The summed E-state index contributed by atoms with van der Waals surface area (Å²) in [5.74, 6) is 1.05. The van der Waals surface area contributed by atoms with E-state index in [1.54, 1.807) is 26.1 Å². The predicted molar refractivity (Wildman–Crippen MR) is 116 cm³/mol. The third-order valence-electron chi connectivity index (χ3n) is 5.13. The van der Waals surface area contributed by atoms with Crippen molar-refractivity contribution in [3.05, 3.63) is 65.5 Å². The van der Waals surface area contributed by atoms with Gasteiger partial charge in [0.25, 0.3) is 5.91 Å². The maximum Gasteiger partial charge on any atom is 0.251 e. The lowest BCUT2D eigenvalue weighted by Gasteiger charge is -2.34. The summed E-state index contributed by atoms with van der Waals surface area (Å²) in [5, 5.41) is 6.08. The first kappa shape index (κ1) is 21.6. The van der Waals surface area contributed by atoms with E-state index in [0.29, 0.717) is 24.2 Å². The lowest BCUT2D eigenvalue weighted by atomic mass is 10.1. The third kappa shape index (κ3) is 5.95. The van der Waals surface area contributed by atoms with Crippen LogP contribution < -0.4 is 15.4 Å². The zero-order chi connectivity index (χ0) is 21.3. The van der Waals surface area contributed by atoms with Gasteiger partial charge in [-0.05, 0) is 36.8 Å². The van der Waals surface area contributed by atoms with E-state index in [0.717, 1.165) is 37.6 Å². The number of guanidine groups is 1. The number of amides is 1. The molecular formula is C23H29FN4O2. The zero-order valence-electron chi connectivity index (χ0n) is 17.5. The SMILES string of the molecule is CN=C(NCCNC(=O)c1ccc(C)c(F)c1)N1CCC(Oc2ccccc2)CC1. The molecule has 0 atom stereocenters. The van der Waals surface area contributed by atoms with Crippen LogP contribution in [0.2, 0.25) is 0 Å². The van der Waals surface area contributed by atoms with Crippen molar-refractivity contribution < 1.29 is 13.9 Å². The Morgan fingerprint density at radius 2 is 1.83 bits per heavy atom. The van der Waals surface area contributed by atoms with Gasteiger partial charge in [0.1, 0.15) is 17.7 Å². The van der Waals surface area contributed by atoms with Gasteiger partial charge < -0.3 is 20.3 Å². The van der Waals surface area contributed by atoms with E-state index in [2.05, 4.69) is 20.5 Å². The number of nitrogens with one attached hydrogen (secondary N) is 2. The van der Waals surface area contributed by atoms with Crippen LogP contribution in [0.4, 0.5) is 4.39 Å². The molecule has 1 saturated heterocycles. The highest BCUT2D eigenvalue weighted by Gasteiger charge is 2.22. The van der Waals surface area contributed by atoms with Crippen molar-refractivity contribution in [3.8, 4) is 5.75 Å². The fourth-order valence-corrected chi connectivity index (χ4v) is 3.40. The summed E-state index contributed by atoms with van der Waals surface area (Å²) >= 11 is 0. The topological polar surface area (TPSA) is 66.0 Å². The van der Waals surface area contributed by atoms with E-state index in [1.165, 1.54) is 6.07 Å². The average molecular weight is 413 g/mol. The van der Waals surface area contributed by atoms with E-state index in [1.807, 2.05) is 30.3 Å². The Balaban J connectivity index is 1.38. The molecule has 0 spiro atoms. The van der Waals surface area contributed by atoms with Crippen molar-refractivity contribution >= 4 is 11.9 Å². The van der Waals surface area contributed by atoms with Crippen LogP contribution in [-0.4, -0.2) is 56.1 Å². The molecule has 1 amide bonds. The summed E-state index contributed by atoms with van der Waals surface area (Å²) in [6.45, 7) is 4.33. The van der Waals surface area contributed by atoms with Crippen molar-refractivity contribution in [2.45, 2.75) is 25.9 Å². The number of aryl methyl sites for hydroxylation is 1. The third-order valence-corrected chi connectivity index (χ3v) is 5.13. The van der Waals surface area contributed by atoms with Gasteiger partial charge in [-0.2, -0.15) is 0 Å². The molecule has 7 heteroatoms. The summed E-state index contributed by atoms with van der Waals surface area (Å²) in [7, 11) is 1.75. The van der Waals surface area contributed by atoms with Crippen LogP contribution in [0.1, 0.15) is 28.8 Å². The molecule has 1 heterocycles. The van der Waals surface area contributed by atoms with Gasteiger partial charge >= 0.3 is 0 Å². The van der Waals surface area contributed by atoms with E-state index in [-0.39, 0.29) is 17.8 Å². The van der Waals surface area contributed by atoms with Crippen molar-refractivity contribution in [1.29, 1.82) is 0 Å². The molecule has 1 fully saturated rings. The van der Waals surface area contributed by atoms with Crippen molar-refractivity contribution in [3.63, 3.8) is 0 Å². The van der Waals surface area contributed by atoms with Crippen LogP contribution in [0.25, 0.3) is 0 Å². The van der Waals surface area contributed by atoms with Crippen LogP contribution >= 0.6 is 0 Å². The fourth-order valence-electron chi connectivity index (χ4n) is 3.40. The molecule has 1 aliphatic rings. The van der Waals surface area contributed by atoms with Crippen LogP contribution in [0.5, 0.6) is 5.75 Å². The van der Waals surface area contributed by atoms with Gasteiger partial charge in [0.2, 0.25) is 0 Å². The summed E-state index contributed by atoms with van der Waals surface area (Å²) < 4.78 is 19.7.